The van der Waals surface area contributed by atoms with Crippen LogP contribution in [0.25, 0.3) is 11.8 Å². The molecule has 0 atom stereocenters. The normalized spacial score (nSPS) is 15.5. The number of urea groups is 1. The Kier molecular flexibility index (Phi) is 5.26. The molecule has 4 amide bonds. The first-order valence-corrected chi connectivity index (χ1v) is 10.1. The quantitative estimate of drug-likeness (QED) is 0.490. The van der Waals surface area contributed by atoms with Crippen LogP contribution in [0.3, 0.4) is 0 Å². The molecular formula is C25H22FN3O3. The molecule has 6 nitrogen and oxygen atoms in total. The number of carbonyl (C=O) groups is 3. The number of imide groups is 2. The van der Waals surface area contributed by atoms with Crippen molar-refractivity contribution in [1.29, 1.82) is 0 Å². The summed E-state index contributed by atoms with van der Waals surface area (Å²) in [5, 5.41) is 2.19. The number of para-hydroxylation sites is 1. The average molecular weight is 431 g/mol. The standard InChI is InChI=1S/C25H22FN3O3/c1-14-6-5-7-15(2)22(14)28-16(3)12-18(17(28)4)13-21-23(30)27-25(32)29(24(21)31)20-10-8-19(26)9-11-20/h5-13H,1-4H3,(H,27,30,32)/b21-13-. The number of benzene rings is 2. The van der Waals surface area contributed by atoms with E-state index in [9.17, 15) is 18.8 Å². The first kappa shape index (κ1) is 21.2. The molecular weight excluding hydrogens is 409 g/mol. The van der Waals surface area contributed by atoms with Crippen LogP contribution in [0.2, 0.25) is 0 Å². The Bertz CT molecular complexity index is 1280. The Balaban J connectivity index is 1.79. The van der Waals surface area contributed by atoms with Crippen LogP contribution in [0, 0.1) is 33.5 Å². The summed E-state index contributed by atoms with van der Waals surface area (Å²) in [5.74, 6) is -2.03. The van der Waals surface area contributed by atoms with Crippen molar-refractivity contribution in [2.24, 2.45) is 0 Å². The second-order valence-corrected chi connectivity index (χ2v) is 7.84. The maximum absolute atomic E-state index is 13.3. The number of anilines is 1. The Morgan fingerprint density at radius 3 is 2.16 bits per heavy atom. The third-order valence-electron chi connectivity index (χ3n) is 5.62. The van der Waals surface area contributed by atoms with E-state index < -0.39 is 23.7 Å². The van der Waals surface area contributed by atoms with Crippen LogP contribution >= 0.6 is 0 Å². The van der Waals surface area contributed by atoms with Crippen molar-refractivity contribution in [2.75, 3.05) is 4.90 Å². The molecule has 1 aliphatic rings. The molecule has 1 aromatic heterocycles. The number of hydrogen-bond acceptors (Lipinski definition) is 3. The average Bonchev–Trinajstić information content (AvgIpc) is 3.00. The molecule has 0 radical (unpaired) electrons. The second-order valence-electron chi connectivity index (χ2n) is 7.84. The van der Waals surface area contributed by atoms with Gasteiger partial charge in [-0.05, 0) is 80.8 Å². The van der Waals surface area contributed by atoms with Gasteiger partial charge < -0.3 is 4.57 Å². The molecule has 2 aromatic carbocycles. The van der Waals surface area contributed by atoms with Crippen molar-refractivity contribution in [1.82, 2.24) is 9.88 Å². The lowest BCUT2D eigenvalue weighted by Crippen LogP contribution is -2.54. The van der Waals surface area contributed by atoms with Crippen molar-refractivity contribution in [2.45, 2.75) is 27.7 Å². The lowest BCUT2D eigenvalue weighted by molar-refractivity contribution is -0.122. The topological polar surface area (TPSA) is 71.4 Å². The number of amides is 4. The van der Waals surface area contributed by atoms with E-state index in [2.05, 4.69) is 9.88 Å². The Labute approximate surface area is 185 Å². The Hall–Kier alpha value is -4.00. The lowest BCUT2D eigenvalue weighted by Gasteiger charge is -2.26. The van der Waals surface area contributed by atoms with Gasteiger partial charge in [-0.15, -0.1) is 0 Å². The fraction of sp³-hybridized carbons (Fsp3) is 0.160. The van der Waals surface area contributed by atoms with Gasteiger partial charge in [-0.2, -0.15) is 0 Å². The van der Waals surface area contributed by atoms with Crippen molar-refractivity contribution in [3.63, 3.8) is 0 Å². The SMILES string of the molecule is Cc1cccc(C)c1-n1c(C)cc(/C=C2/C(=O)NC(=O)N(c3ccc(F)cc3)C2=O)c1C. The number of nitrogens with zero attached hydrogens (tertiary/aromatic N) is 2. The summed E-state index contributed by atoms with van der Waals surface area (Å²) in [6.45, 7) is 7.94. The highest BCUT2D eigenvalue weighted by Gasteiger charge is 2.37. The zero-order valence-corrected chi connectivity index (χ0v) is 18.2. The predicted molar refractivity (Wildman–Crippen MR) is 120 cm³/mol. The molecule has 4 rings (SSSR count). The van der Waals surface area contributed by atoms with E-state index in [0.717, 1.165) is 45.2 Å². The van der Waals surface area contributed by atoms with Crippen molar-refractivity contribution in [3.8, 4) is 5.69 Å². The summed E-state index contributed by atoms with van der Waals surface area (Å²) in [5.41, 5.74) is 5.76. The fourth-order valence-electron chi connectivity index (χ4n) is 4.07. The summed E-state index contributed by atoms with van der Waals surface area (Å²) in [4.78, 5) is 38.8. The fourth-order valence-corrected chi connectivity index (χ4v) is 4.07. The molecule has 0 saturated carbocycles. The van der Waals surface area contributed by atoms with Gasteiger partial charge in [0, 0.05) is 11.4 Å². The first-order chi connectivity index (χ1) is 15.2. The Morgan fingerprint density at radius 2 is 1.53 bits per heavy atom. The van der Waals surface area contributed by atoms with E-state index in [1.54, 1.807) is 0 Å². The summed E-state index contributed by atoms with van der Waals surface area (Å²) >= 11 is 0. The summed E-state index contributed by atoms with van der Waals surface area (Å²) in [7, 11) is 0. The van der Waals surface area contributed by atoms with E-state index >= 15 is 0 Å². The number of rotatable bonds is 3. The van der Waals surface area contributed by atoms with Crippen LogP contribution in [-0.2, 0) is 9.59 Å². The smallest absolute Gasteiger partial charge is 0.317 e. The minimum atomic E-state index is -0.871. The molecule has 3 aromatic rings. The zero-order chi connectivity index (χ0) is 23.2. The summed E-state index contributed by atoms with van der Waals surface area (Å²) in [6.07, 6.45) is 1.49. The molecule has 7 heteroatoms. The third-order valence-corrected chi connectivity index (χ3v) is 5.62. The van der Waals surface area contributed by atoms with Gasteiger partial charge in [-0.1, -0.05) is 18.2 Å². The molecule has 1 saturated heterocycles. The number of aromatic nitrogens is 1. The van der Waals surface area contributed by atoms with Gasteiger partial charge in [0.25, 0.3) is 11.8 Å². The van der Waals surface area contributed by atoms with Crippen LogP contribution in [0.1, 0.15) is 28.1 Å². The third kappa shape index (κ3) is 3.51. The number of nitrogens with one attached hydrogen (secondary N) is 1. The van der Waals surface area contributed by atoms with Gasteiger partial charge in [0.1, 0.15) is 11.4 Å². The van der Waals surface area contributed by atoms with Crippen LogP contribution in [0.4, 0.5) is 14.9 Å². The minimum absolute atomic E-state index is 0.171. The number of carbonyl (C=O) groups excluding carboxylic acids is 3. The molecule has 0 spiro atoms. The molecule has 0 bridgehead atoms. The second kappa shape index (κ2) is 7.92. The van der Waals surface area contributed by atoms with Crippen molar-refractivity contribution < 1.29 is 18.8 Å². The molecule has 1 fully saturated rings. The van der Waals surface area contributed by atoms with E-state index in [0.29, 0.717) is 5.56 Å². The molecule has 1 aliphatic heterocycles. The lowest BCUT2D eigenvalue weighted by atomic mass is 10.1. The van der Waals surface area contributed by atoms with Crippen LogP contribution < -0.4 is 10.2 Å². The highest BCUT2D eigenvalue weighted by molar-refractivity contribution is 6.39. The Morgan fingerprint density at radius 1 is 0.906 bits per heavy atom. The van der Waals surface area contributed by atoms with Gasteiger partial charge in [0.05, 0.1) is 11.4 Å². The van der Waals surface area contributed by atoms with E-state index in [1.807, 2.05) is 52.0 Å². The van der Waals surface area contributed by atoms with Gasteiger partial charge in [0.15, 0.2) is 0 Å². The molecule has 32 heavy (non-hydrogen) atoms. The van der Waals surface area contributed by atoms with E-state index in [1.165, 1.54) is 18.2 Å². The van der Waals surface area contributed by atoms with Crippen LogP contribution in [0.15, 0.2) is 54.1 Å². The molecule has 0 unspecified atom stereocenters. The highest BCUT2D eigenvalue weighted by atomic mass is 19.1. The maximum Gasteiger partial charge on any atom is 0.335 e. The van der Waals surface area contributed by atoms with Gasteiger partial charge in [0.2, 0.25) is 0 Å². The minimum Gasteiger partial charge on any atom is -0.317 e. The number of halogens is 1. The van der Waals surface area contributed by atoms with Gasteiger partial charge >= 0.3 is 6.03 Å². The van der Waals surface area contributed by atoms with Crippen molar-refractivity contribution in [3.05, 3.63) is 88.0 Å². The summed E-state index contributed by atoms with van der Waals surface area (Å²) < 4.78 is 15.4. The highest BCUT2D eigenvalue weighted by Crippen LogP contribution is 2.28. The van der Waals surface area contributed by atoms with Gasteiger partial charge in [-0.3, -0.25) is 14.9 Å². The molecule has 162 valence electrons. The monoisotopic (exact) mass is 431 g/mol. The number of aryl methyl sites for hydroxylation is 3. The zero-order valence-electron chi connectivity index (χ0n) is 18.2. The largest absolute Gasteiger partial charge is 0.335 e. The first-order valence-electron chi connectivity index (χ1n) is 10.1. The van der Waals surface area contributed by atoms with Crippen LogP contribution in [-0.4, -0.2) is 22.4 Å². The van der Waals surface area contributed by atoms with E-state index in [-0.39, 0.29) is 11.3 Å². The molecule has 1 N–H and O–H groups in total. The van der Waals surface area contributed by atoms with Crippen LogP contribution in [0.5, 0.6) is 0 Å². The summed E-state index contributed by atoms with van der Waals surface area (Å²) in [6, 6.07) is 12.0. The van der Waals surface area contributed by atoms with E-state index in [4.69, 9.17) is 0 Å². The molecule has 0 aliphatic carbocycles. The van der Waals surface area contributed by atoms with Gasteiger partial charge in [-0.25, -0.2) is 14.1 Å². The number of hydrogen-bond donors (Lipinski definition) is 1. The number of barbiturate groups is 1. The molecule has 2 heterocycles. The predicted octanol–water partition coefficient (Wildman–Crippen LogP) is 4.52. The van der Waals surface area contributed by atoms with Crippen molar-refractivity contribution >= 4 is 29.6 Å². The maximum atomic E-state index is 13.3.